The van der Waals surface area contributed by atoms with Gasteiger partial charge in [-0.05, 0) is 48.7 Å². The van der Waals surface area contributed by atoms with Crippen molar-refractivity contribution in [3.8, 4) is 0 Å². The Morgan fingerprint density at radius 3 is 2.76 bits per heavy atom. The molecule has 1 aliphatic rings. The molecule has 2 heterocycles. The second-order valence-corrected chi connectivity index (χ2v) is 7.30. The van der Waals surface area contributed by atoms with E-state index in [-0.39, 0.29) is 23.9 Å². The van der Waals surface area contributed by atoms with Crippen molar-refractivity contribution in [3.05, 3.63) is 58.0 Å². The van der Waals surface area contributed by atoms with Gasteiger partial charge in [0.1, 0.15) is 0 Å². The fraction of sp³-hybridized carbons (Fsp3) is 0.368. The SMILES string of the molecule is Cc1cc(Nc2ccc(Cl)cc2C(F)(F)F)cnc1CNC(=O)C1([NH-])CCOC1. The normalized spacial score (nSPS) is 19.2. The zero-order valence-electron chi connectivity index (χ0n) is 15.5. The largest absolute Gasteiger partial charge is 0.662 e. The van der Waals surface area contributed by atoms with Crippen LogP contribution in [0.25, 0.3) is 5.73 Å². The highest BCUT2D eigenvalue weighted by atomic mass is 35.5. The molecule has 29 heavy (non-hydrogen) atoms. The first-order valence-corrected chi connectivity index (χ1v) is 9.17. The van der Waals surface area contributed by atoms with Gasteiger partial charge in [0.05, 0.1) is 35.4 Å². The summed E-state index contributed by atoms with van der Waals surface area (Å²) in [6.07, 6.45) is -2.84. The lowest BCUT2D eigenvalue weighted by atomic mass is 9.99. The van der Waals surface area contributed by atoms with E-state index in [4.69, 9.17) is 22.1 Å². The van der Waals surface area contributed by atoms with Crippen molar-refractivity contribution in [1.29, 1.82) is 0 Å². The molecule has 10 heteroatoms. The maximum atomic E-state index is 13.2. The first-order chi connectivity index (χ1) is 13.6. The van der Waals surface area contributed by atoms with Gasteiger partial charge in [-0.1, -0.05) is 11.6 Å². The molecule has 1 saturated heterocycles. The van der Waals surface area contributed by atoms with Gasteiger partial charge in [-0.15, -0.1) is 0 Å². The second kappa shape index (κ2) is 8.17. The Hall–Kier alpha value is -2.36. The molecule has 3 rings (SSSR count). The first kappa shape index (κ1) is 21.4. The minimum Gasteiger partial charge on any atom is -0.662 e. The smallest absolute Gasteiger partial charge is 0.418 e. The van der Waals surface area contributed by atoms with E-state index in [1.54, 1.807) is 13.0 Å². The van der Waals surface area contributed by atoms with E-state index in [0.29, 0.717) is 30.0 Å². The summed E-state index contributed by atoms with van der Waals surface area (Å²) in [5.74, 6) is -0.436. The highest BCUT2D eigenvalue weighted by molar-refractivity contribution is 6.30. The van der Waals surface area contributed by atoms with Crippen molar-refractivity contribution in [2.45, 2.75) is 31.6 Å². The Morgan fingerprint density at radius 1 is 1.38 bits per heavy atom. The first-order valence-electron chi connectivity index (χ1n) is 8.79. The van der Waals surface area contributed by atoms with Crippen LogP contribution in [0.1, 0.15) is 23.2 Å². The summed E-state index contributed by atoms with van der Waals surface area (Å²) >= 11 is 5.69. The third-order valence-corrected chi connectivity index (χ3v) is 4.86. The van der Waals surface area contributed by atoms with E-state index in [1.807, 2.05) is 0 Å². The van der Waals surface area contributed by atoms with Gasteiger partial charge in [0.25, 0.3) is 0 Å². The number of nitrogens with one attached hydrogen (secondary N) is 3. The highest BCUT2D eigenvalue weighted by Crippen LogP contribution is 2.37. The fourth-order valence-electron chi connectivity index (χ4n) is 2.95. The molecule has 1 aliphatic heterocycles. The summed E-state index contributed by atoms with van der Waals surface area (Å²) in [6, 6.07) is 5.12. The number of halogens is 4. The van der Waals surface area contributed by atoms with Gasteiger partial charge in [-0.2, -0.15) is 13.2 Å². The summed E-state index contributed by atoms with van der Waals surface area (Å²) in [5.41, 5.74) is 7.38. The number of carbonyl (C=O) groups is 1. The number of rotatable bonds is 5. The van der Waals surface area contributed by atoms with Crippen LogP contribution in [-0.2, 0) is 22.3 Å². The van der Waals surface area contributed by atoms with E-state index in [1.165, 1.54) is 18.3 Å². The molecular weight excluding hydrogens is 409 g/mol. The molecule has 0 saturated carbocycles. The summed E-state index contributed by atoms with van der Waals surface area (Å²) in [4.78, 5) is 16.4. The van der Waals surface area contributed by atoms with Gasteiger partial charge in [0, 0.05) is 18.2 Å². The molecule has 6 nitrogen and oxygen atoms in total. The predicted molar refractivity (Wildman–Crippen MR) is 103 cm³/mol. The van der Waals surface area contributed by atoms with Gasteiger partial charge in [0.2, 0.25) is 5.91 Å². The molecule has 0 aliphatic carbocycles. The van der Waals surface area contributed by atoms with Crippen LogP contribution in [0.15, 0.2) is 30.5 Å². The minimum atomic E-state index is -4.56. The number of pyridine rings is 1. The molecule has 1 aromatic heterocycles. The van der Waals surface area contributed by atoms with Crippen LogP contribution in [0, 0.1) is 6.92 Å². The van der Waals surface area contributed by atoms with Crippen molar-refractivity contribution in [2.24, 2.45) is 0 Å². The third-order valence-electron chi connectivity index (χ3n) is 4.63. The number of ether oxygens (including phenoxy) is 1. The number of carbonyl (C=O) groups excluding carboxylic acids is 1. The third kappa shape index (κ3) is 4.98. The van der Waals surface area contributed by atoms with Crippen LogP contribution in [0.3, 0.4) is 0 Å². The van der Waals surface area contributed by atoms with Gasteiger partial charge in [-0.25, -0.2) is 0 Å². The van der Waals surface area contributed by atoms with Crippen LogP contribution in [0.5, 0.6) is 0 Å². The number of nitrogens with zero attached hydrogens (tertiary/aromatic N) is 1. The number of alkyl halides is 3. The standard InChI is InChI=1S/C19H19ClF3N4O2/c1-11-6-13(27-15-3-2-12(20)7-14(15)19(21,22)23)8-25-16(11)9-26-17(28)18(24)4-5-29-10-18/h2-3,6-8,24,27H,4-5,9-10H2,1H3,(H,26,28)/q-1. The lowest BCUT2D eigenvalue weighted by molar-refractivity contribution is -0.137. The average Bonchev–Trinajstić information content (AvgIpc) is 3.09. The van der Waals surface area contributed by atoms with E-state index in [9.17, 15) is 18.0 Å². The number of hydrogen-bond donors (Lipinski definition) is 2. The molecule has 1 aromatic carbocycles. The summed E-state index contributed by atoms with van der Waals surface area (Å²) < 4.78 is 44.8. The Balaban J connectivity index is 1.71. The number of aryl methyl sites for hydroxylation is 1. The maximum absolute atomic E-state index is 13.2. The van der Waals surface area contributed by atoms with Crippen LogP contribution >= 0.6 is 11.6 Å². The van der Waals surface area contributed by atoms with Crippen molar-refractivity contribution < 1.29 is 22.7 Å². The molecule has 1 fully saturated rings. The van der Waals surface area contributed by atoms with E-state index < -0.39 is 23.2 Å². The summed E-state index contributed by atoms with van der Waals surface area (Å²) in [5, 5.41) is 5.38. The number of benzene rings is 1. The molecule has 2 aromatic rings. The van der Waals surface area contributed by atoms with Crippen molar-refractivity contribution in [2.75, 3.05) is 18.5 Å². The molecule has 1 unspecified atom stereocenters. The van der Waals surface area contributed by atoms with E-state index >= 15 is 0 Å². The monoisotopic (exact) mass is 427 g/mol. The topological polar surface area (TPSA) is 87.1 Å². The molecule has 1 amide bonds. The van der Waals surface area contributed by atoms with Crippen LogP contribution in [0.2, 0.25) is 5.02 Å². The Labute approximate surface area is 170 Å². The molecule has 0 spiro atoms. The Morgan fingerprint density at radius 2 is 2.14 bits per heavy atom. The quantitative estimate of drug-likeness (QED) is 0.728. The summed E-state index contributed by atoms with van der Waals surface area (Å²) in [6.45, 7) is 2.28. The van der Waals surface area contributed by atoms with Crippen LogP contribution in [0.4, 0.5) is 24.5 Å². The Bertz CT molecular complexity index is 915. The Kier molecular flexibility index (Phi) is 6.02. The number of aromatic nitrogens is 1. The second-order valence-electron chi connectivity index (χ2n) is 6.87. The zero-order chi connectivity index (χ0) is 21.2. The number of hydrogen-bond acceptors (Lipinski definition) is 4. The van der Waals surface area contributed by atoms with E-state index in [2.05, 4.69) is 15.6 Å². The van der Waals surface area contributed by atoms with Crippen LogP contribution in [-0.4, -0.2) is 29.6 Å². The lowest BCUT2D eigenvalue weighted by Gasteiger charge is -2.30. The van der Waals surface area contributed by atoms with Gasteiger partial charge in [-0.3, -0.25) is 9.78 Å². The predicted octanol–water partition coefficient (Wildman–Crippen LogP) is 4.63. The summed E-state index contributed by atoms with van der Waals surface area (Å²) in [7, 11) is 0. The molecule has 0 radical (unpaired) electrons. The van der Waals surface area contributed by atoms with Crippen molar-refractivity contribution in [1.82, 2.24) is 10.3 Å². The number of amides is 1. The molecule has 1 atom stereocenters. The molecular formula is C19H19ClF3N4O2-. The minimum absolute atomic E-state index is 0.0110. The van der Waals surface area contributed by atoms with Gasteiger partial charge < -0.3 is 21.1 Å². The van der Waals surface area contributed by atoms with Crippen molar-refractivity contribution >= 4 is 28.9 Å². The highest BCUT2D eigenvalue weighted by Gasteiger charge is 2.34. The maximum Gasteiger partial charge on any atom is 0.418 e. The van der Waals surface area contributed by atoms with Crippen LogP contribution < -0.4 is 10.6 Å². The van der Waals surface area contributed by atoms with Gasteiger partial charge >= 0.3 is 6.18 Å². The zero-order valence-corrected chi connectivity index (χ0v) is 16.2. The molecule has 3 N–H and O–H groups in total. The lowest BCUT2D eigenvalue weighted by Crippen LogP contribution is -2.44. The molecule has 156 valence electrons. The van der Waals surface area contributed by atoms with Gasteiger partial charge in [0.15, 0.2) is 0 Å². The molecule has 0 bridgehead atoms. The average molecular weight is 428 g/mol. The van der Waals surface area contributed by atoms with Crippen molar-refractivity contribution in [3.63, 3.8) is 0 Å². The number of anilines is 2. The fourth-order valence-corrected chi connectivity index (χ4v) is 3.12. The van der Waals surface area contributed by atoms with E-state index in [0.717, 1.165) is 6.07 Å².